The highest BCUT2D eigenvalue weighted by Gasteiger charge is 2.02. The van der Waals surface area contributed by atoms with Gasteiger partial charge < -0.3 is 9.47 Å². The topological polar surface area (TPSA) is 48.4 Å². The van der Waals surface area contributed by atoms with Crippen LogP contribution in [0.15, 0.2) is 48.5 Å². The van der Waals surface area contributed by atoms with Gasteiger partial charge in [-0.15, -0.1) is 11.3 Å². The van der Waals surface area contributed by atoms with E-state index in [4.69, 9.17) is 9.47 Å². The fourth-order valence-electron chi connectivity index (χ4n) is 2.48. The third-order valence-corrected chi connectivity index (χ3v) is 4.69. The Bertz CT molecular complexity index is 868. The van der Waals surface area contributed by atoms with Crippen molar-refractivity contribution in [1.29, 1.82) is 0 Å². The van der Waals surface area contributed by atoms with E-state index in [2.05, 4.69) is 11.1 Å². The maximum absolute atomic E-state index is 11.3. The molecule has 1 heterocycles. The van der Waals surface area contributed by atoms with E-state index < -0.39 is 0 Å². The molecule has 3 aromatic rings. The number of para-hydroxylation sites is 1. The molecule has 0 amide bonds. The van der Waals surface area contributed by atoms with Crippen molar-refractivity contribution in [1.82, 2.24) is 4.98 Å². The van der Waals surface area contributed by atoms with Gasteiger partial charge in [-0.1, -0.05) is 30.3 Å². The van der Waals surface area contributed by atoms with Crippen molar-refractivity contribution in [3.63, 3.8) is 0 Å². The van der Waals surface area contributed by atoms with E-state index in [1.165, 1.54) is 4.70 Å². The highest BCUT2D eigenvalue weighted by molar-refractivity contribution is 7.19. The molecule has 0 aliphatic heterocycles. The van der Waals surface area contributed by atoms with Crippen molar-refractivity contribution in [2.45, 2.75) is 19.8 Å². The van der Waals surface area contributed by atoms with Gasteiger partial charge in [0.25, 0.3) is 0 Å². The molecule has 0 radical (unpaired) electrons. The fraction of sp³-hybridized carbons (Fsp3) is 0.238. The van der Waals surface area contributed by atoms with E-state index in [1.807, 2.05) is 61.5 Å². The number of carbonyl (C=O) groups is 1. The number of carbonyl (C=O) groups excluding carboxylic acids is 1. The molecule has 0 aliphatic carbocycles. The summed E-state index contributed by atoms with van der Waals surface area (Å²) in [6, 6.07) is 16.0. The van der Waals surface area contributed by atoms with Crippen LogP contribution < -0.4 is 4.74 Å². The molecule has 4 nitrogen and oxygen atoms in total. The number of hydrogen-bond donors (Lipinski definition) is 0. The molecule has 2 aromatic carbocycles. The lowest BCUT2D eigenvalue weighted by atomic mass is 10.2. The predicted octanol–water partition coefficient (Wildman–Crippen LogP) is 5.19. The van der Waals surface area contributed by atoms with Gasteiger partial charge in [0.05, 0.1) is 23.4 Å². The van der Waals surface area contributed by atoms with Crippen LogP contribution in [0.4, 0.5) is 0 Å². The summed E-state index contributed by atoms with van der Waals surface area (Å²) in [6.07, 6.45) is 5.07. The van der Waals surface area contributed by atoms with Gasteiger partial charge in [0.1, 0.15) is 10.8 Å². The van der Waals surface area contributed by atoms with E-state index >= 15 is 0 Å². The van der Waals surface area contributed by atoms with Crippen LogP contribution in [0.3, 0.4) is 0 Å². The second-order valence-electron chi connectivity index (χ2n) is 5.68. The normalized spacial score (nSPS) is 11.1. The lowest BCUT2D eigenvalue weighted by molar-refractivity contribution is -0.143. The minimum Gasteiger partial charge on any atom is -0.494 e. The van der Waals surface area contributed by atoms with E-state index in [0.29, 0.717) is 26.1 Å². The molecule has 0 N–H and O–H groups in total. The summed E-state index contributed by atoms with van der Waals surface area (Å²) in [7, 11) is 0. The molecule has 0 atom stereocenters. The number of thiazole rings is 1. The average molecular weight is 367 g/mol. The largest absolute Gasteiger partial charge is 0.494 e. The number of ether oxygens (including phenoxy) is 2. The van der Waals surface area contributed by atoms with Crippen LogP contribution in [0.25, 0.3) is 22.4 Å². The molecule has 0 fully saturated rings. The first-order valence-electron chi connectivity index (χ1n) is 8.67. The van der Waals surface area contributed by atoms with Crippen molar-refractivity contribution in [2.75, 3.05) is 13.2 Å². The molecule has 0 saturated carbocycles. The Balaban J connectivity index is 1.56. The van der Waals surface area contributed by atoms with E-state index in [1.54, 1.807) is 11.3 Å². The third kappa shape index (κ3) is 5.17. The molecule has 134 valence electrons. The van der Waals surface area contributed by atoms with Crippen molar-refractivity contribution >= 4 is 39.7 Å². The summed E-state index contributed by atoms with van der Waals surface area (Å²) >= 11 is 1.67. The van der Waals surface area contributed by atoms with Crippen LogP contribution in [0.1, 0.15) is 30.3 Å². The van der Waals surface area contributed by atoms with Gasteiger partial charge in [-0.2, -0.15) is 0 Å². The van der Waals surface area contributed by atoms with Gasteiger partial charge in [0.2, 0.25) is 0 Å². The van der Waals surface area contributed by atoms with Crippen LogP contribution in [0.2, 0.25) is 0 Å². The summed E-state index contributed by atoms with van der Waals surface area (Å²) in [6.45, 7) is 2.72. The Labute approximate surface area is 157 Å². The van der Waals surface area contributed by atoms with Crippen molar-refractivity contribution in [3.8, 4) is 5.75 Å². The van der Waals surface area contributed by atoms with Gasteiger partial charge >= 0.3 is 5.97 Å². The first kappa shape index (κ1) is 18.1. The standard InChI is InChI=1S/C21H21NO3S/c1-2-24-21(23)11-6-14-25-17-8-5-7-16(15-17)12-13-20-22-18-9-3-4-10-19(18)26-20/h3-5,7-10,12-13,15H,2,6,11,14H2,1H3. The summed E-state index contributed by atoms with van der Waals surface area (Å²) in [5.41, 5.74) is 2.07. The van der Waals surface area contributed by atoms with Crippen molar-refractivity contribution in [2.24, 2.45) is 0 Å². The Morgan fingerprint density at radius 1 is 1.15 bits per heavy atom. The average Bonchev–Trinajstić information content (AvgIpc) is 3.07. The van der Waals surface area contributed by atoms with Gasteiger partial charge in [0.15, 0.2) is 0 Å². The second kappa shape index (κ2) is 9.15. The zero-order valence-electron chi connectivity index (χ0n) is 14.7. The quantitative estimate of drug-likeness (QED) is 0.406. The molecule has 0 saturated heterocycles. The van der Waals surface area contributed by atoms with Crippen molar-refractivity contribution < 1.29 is 14.3 Å². The van der Waals surface area contributed by atoms with Crippen LogP contribution in [0, 0.1) is 0 Å². The first-order valence-corrected chi connectivity index (χ1v) is 9.48. The highest BCUT2D eigenvalue weighted by atomic mass is 32.1. The minimum atomic E-state index is -0.177. The number of aromatic nitrogens is 1. The number of esters is 1. The van der Waals surface area contributed by atoms with Gasteiger partial charge in [-0.05, 0) is 49.2 Å². The Kier molecular flexibility index (Phi) is 6.39. The molecule has 26 heavy (non-hydrogen) atoms. The lowest BCUT2D eigenvalue weighted by Gasteiger charge is -2.06. The molecule has 0 unspecified atom stereocenters. The molecule has 0 bridgehead atoms. The number of nitrogens with zero attached hydrogens (tertiary/aromatic N) is 1. The summed E-state index contributed by atoms with van der Waals surface area (Å²) < 4.78 is 11.8. The SMILES string of the molecule is CCOC(=O)CCCOc1cccc(C=Cc2nc3ccccc3s2)c1. The monoisotopic (exact) mass is 367 g/mol. The Morgan fingerprint density at radius 3 is 2.88 bits per heavy atom. The molecular weight excluding hydrogens is 346 g/mol. The number of rotatable bonds is 8. The summed E-state index contributed by atoms with van der Waals surface area (Å²) in [5.74, 6) is 0.615. The number of hydrogen-bond acceptors (Lipinski definition) is 5. The molecule has 1 aromatic heterocycles. The zero-order valence-corrected chi connectivity index (χ0v) is 15.5. The van der Waals surface area contributed by atoms with Crippen molar-refractivity contribution in [3.05, 3.63) is 59.1 Å². The highest BCUT2D eigenvalue weighted by Crippen LogP contribution is 2.23. The smallest absolute Gasteiger partial charge is 0.305 e. The van der Waals surface area contributed by atoms with Crippen LogP contribution in [-0.4, -0.2) is 24.2 Å². The maximum Gasteiger partial charge on any atom is 0.305 e. The summed E-state index contributed by atoms with van der Waals surface area (Å²) in [5, 5.41) is 0.979. The van der Waals surface area contributed by atoms with E-state index in [0.717, 1.165) is 21.8 Å². The first-order chi connectivity index (χ1) is 12.7. The summed E-state index contributed by atoms with van der Waals surface area (Å²) in [4.78, 5) is 15.9. The molecular formula is C21H21NO3S. The Morgan fingerprint density at radius 2 is 2.04 bits per heavy atom. The molecule has 5 heteroatoms. The molecule has 3 rings (SSSR count). The Hall–Kier alpha value is -2.66. The van der Waals surface area contributed by atoms with Crippen LogP contribution >= 0.6 is 11.3 Å². The maximum atomic E-state index is 11.3. The van der Waals surface area contributed by atoms with Crippen LogP contribution in [-0.2, 0) is 9.53 Å². The van der Waals surface area contributed by atoms with Gasteiger partial charge in [-0.25, -0.2) is 4.98 Å². The second-order valence-corrected chi connectivity index (χ2v) is 6.74. The van der Waals surface area contributed by atoms with E-state index in [9.17, 15) is 4.79 Å². The number of fused-ring (bicyclic) bond motifs is 1. The lowest BCUT2D eigenvalue weighted by Crippen LogP contribution is -2.06. The third-order valence-electron chi connectivity index (χ3n) is 3.69. The zero-order chi connectivity index (χ0) is 18.2. The van der Waals surface area contributed by atoms with Gasteiger partial charge in [0, 0.05) is 6.42 Å². The number of benzene rings is 2. The minimum absolute atomic E-state index is 0.177. The van der Waals surface area contributed by atoms with E-state index in [-0.39, 0.29) is 5.97 Å². The van der Waals surface area contributed by atoms with Crippen LogP contribution in [0.5, 0.6) is 5.75 Å². The molecule has 0 aliphatic rings. The molecule has 0 spiro atoms. The predicted molar refractivity (Wildman–Crippen MR) is 106 cm³/mol. The fourth-order valence-corrected chi connectivity index (χ4v) is 3.35. The van der Waals surface area contributed by atoms with Gasteiger partial charge in [-0.3, -0.25) is 4.79 Å².